The highest BCUT2D eigenvalue weighted by Crippen LogP contribution is 2.31. The Bertz CT molecular complexity index is 151. The van der Waals surface area contributed by atoms with Crippen molar-refractivity contribution in [3.8, 4) is 0 Å². The van der Waals surface area contributed by atoms with Crippen LogP contribution in [0, 0.1) is 5.92 Å². The van der Waals surface area contributed by atoms with Crippen molar-refractivity contribution in [1.82, 2.24) is 0 Å². The third-order valence-electron chi connectivity index (χ3n) is 2.61. The predicted molar refractivity (Wildman–Crippen MR) is 58.7 cm³/mol. The summed E-state index contributed by atoms with van der Waals surface area (Å²) >= 11 is 3.74. The molecule has 2 atom stereocenters. The van der Waals surface area contributed by atoms with E-state index < -0.39 is 0 Å². The predicted octanol–water partition coefficient (Wildman–Crippen LogP) is 4.30. The summed E-state index contributed by atoms with van der Waals surface area (Å²) in [6.45, 7) is 6.14. The molecule has 1 rings (SSSR count). The third-order valence-corrected chi connectivity index (χ3v) is 3.44. The minimum absolute atomic E-state index is 0.768. The molecule has 0 heterocycles. The van der Waals surface area contributed by atoms with Gasteiger partial charge in [-0.1, -0.05) is 40.8 Å². The Morgan fingerprint density at radius 1 is 1.42 bits per heavy atom. The Morgan fingerprint density at radius 2 is 2.08 bits per heavy atom. The maximum Gasteiger partial charge on any atom is 0.0148 e. The van der Waals surface area contributed by atoms with E-state index in [1.54, 1.807) is 0 Å². The largest absolute Gasteiger partial charge is 0.100 e. The molecule has 70 valence electrons. The molecule has 12 heavy (non-hydrogen) atoms. The molecule has 1 fully saturated rings. The summed E-state index contributed by atoms with van der Waals surface area (Å²) < 4.78 is 0. The minimum Gasteiger partial charge on any atom is -0.100 e. The zero-order valence-electron chi connectivity index (χ0n) is 7.98. The van der Waals surface area contributed by atoms with Crippen LogP contribution in [-0.4, -0.2) is 4.83 Å². The van der Waals surface area contributed by atoms with Crippen molar-refractivity contribution in [3.63, 3.8) is 0 Å². The Morgan fingerprint density at radius 3 is 2.75 bits per heavy atom. The van der Waals surface area contributed by atoms with Gasteiger partial charge in [0.2, 0.25) is 0 Å². The van der Waals surface area contributed by atoms with Crippen molar-refractivity contribution < 1.29 is 0 Å². The Labute approximate surface area is 84.6 Å². The zero-order chi connectivity index (χ0) is 8.97. The van der Waals surface area contributed by atoms with Crippen LogP contribution in [0.2, 0.25) is 0 Å². The van der Waals surface area contributed by atoms with Crippen LogP contribution in [0.15, 0.2) is 12.2 Å². The average molecular weight is 231 g/mol. The molecule has 0 amide bonds. The lowest BCUT2D eigenvalue weighted by atomic mass is 9.94. The maximum absolute atomic E-state index is 3.99. The van der Waals surface area contributed by atoms with Gasteiger partial charge in [0.25, 0.3) is 0 Å². The molecule has 0 nitrogen and oxygen atoms in total. The van der Waals surface area contributed by atoms with Crippen molar-refractivity contribution in [3.05, 3.63) is 12.2 Å². The minimum atomic E-state index is 0.768. The number of hydrogen-bond acceptors (Lipinski definition) is 0. The second kappa shape index (κ2) is 5.06. The van der Waals surface area contributed by atoms with E-state index in [1.807, 2.05) is 0 Å². The van der Waals surface area contributed by atoms with E-state index in [-0.39, 0.29) is 0 Å². The second-order valence-corrected chi connectivity index (χ2v) is 5.44. The van der Waals surface area contributed by atoms with Gasteiger partial charge in [0, 0.05) is 4.83 Å². The van der Waals surface area contributed by atoms with Gasteiger partial charge < -0.3 is 0 Å². The van der Waals surface area contributed by atoms with E-state index in [1.165, 1.54) is 44.1 Å². The fourth-order valence-corrected chi connectivity index (χ4v) is 2.93. The van der Waals surface area contributed by atoms with E-state index in [4.69, 9.17) is 0 Å². The van der Waals surface area contributed by atoms with Crippen LogP contribution < -0.4 is 0 Å². The fourth-order valence-electron chi connectivity index (χ4n) is 2.07. The molecular formula is C11H19Br. The summed E-state index contributed by atoms with van der Waals surface area (Å²) in [4.78, 5) is 0.768. The third kappa shape index (κ3) is 3.75. The average Bonchev–Trinajstić information content (AvgIpc) is 2.12. The number of halogens is 1. The van der Waals surface area contributed by atoms with Crippen LogP contribution in [-0.2, 0) is 0 Å². The van der Waals surface area contributed by atoms with Crippen molar-refractivity contribution >= 4 is 15.9 Å². The smallest absolute Gasteiger partial charge is 0.0148 e. The molecule has 0 aromatic heterocycles. The summed E-state index contributed by atoms with van der Waals surface area (Å²) in [6.07, 6.45) is 8.19. The number of hydrogen-bond donors (Lipinski definition) is 0. The Kier molecular flexibility index (Phi) is 4.34. The van der Waals surface area contributed by atoms with E-state index in [0.717, 1.165) is 10.7 Å². The maximum atomic E-state index is 3.99. The van der Waals surface area contributed by atoms with Gasteiger partial charge in [-0.15, -0.1) is 6.58 Å². The molecule has 0 aliphatic heterocycles. The number of alkyl halides is 1. The molecule has 1 aliphatic rings. The molecule has 0 aromatic carbocycles. The quantitative estimate of drug-likeness (QED) is 0.377. The first-order chi connectivity index (χ1) is 5.68. The van der Waals surface area contributed by atoms with E-state index in [9.17, 15) is 0 Å². The molecule has 0 radical (unpaired) electrons. The van der Waals surface area contributed by atoms with Crippen LogP contribution in [0.1, 0.15) is 45.4 Å². The lowest BCUT2D eigenvalue weighted by Gasteiger charge is -2.15. The van der Waals surface area contributed by atoms with Crippen LogP contribution in [0.5, 0.6) is 0 Å². The van der Waals surface area contributed by atoms with Gasteiger partial charge in [0.1, 0.15) is 0 Å². The summed E-state index contributed by atoms with van der Waals surface area (Å²) in [7, 11) is 0. The van der Waals surface area contributed by atoms with Gasteiger partial charge in [-0.3, -0.25) is 0 Å². The molecule has 0 aromatic rings. The van der Waals surface area contributed by atoms with Crippen molar-refractivity contribution in [1.29, 1.82) is 0 Å². The topological polar surface area (TPSA) is 0 Å². The first-order valence-electron chi connectivity index (χ1n) is 4.97. The monoisotopic (exact) mass is 230 g/mol. The highest BCUT2D eigenvalue weighted by Gasteiger charge is 2.17. The Balaban J connectivity index is 2.35. The van der Waals surface area contributed by atoms with Crippen LogP contribution in [0.4, 0.5) is 0 Å². The van der Waals surface area contributed by atoms with Gasteiger partial charge in [0.15, 0.2) is 0 Å². The van der Waals surface area contributed by atoms with Crippen molar-refractivity contribution in [2.24, 2.45) is 5.92 Å². The molecule has 0 saturated heterocycles. The van der Waals surface area contributed by atoms with Gasteiger partial charge in [-0.2, -0.15) is 0 Å². The second-order valence-electron chi connectivity index (χ2n) is 4.14. The molecule has 0 bridgehead atoms. The normalized spacial score (nSPS) is 31.2. The molecule has 2 unspecified atom stereocenters. The standard InChI is InChI=1S/C11H19Br/c1-9(2)7-10-5-3-4-6-11(12)8-10/h10-11H,1,3-8H2,2H3. The van der Waals surface area contributed by atoms with E-state index >= 15 is 0 Å². The van der Waals surface area contributed by atoms with Gasteiger partial charge in [-0.05, 0) is 32.1 Å². The molecule has 0 N–H and O–H groups in total. The number of rotatable bonds is 2. The first-order valence-corrected chi connectivity index (χ1v) is 5.88. The van der Waals surface area contributed by atoms with Crippen LogP contribution >= 0.6 is 15.9 Å². The summed E-state index contributed by atoms with van der Waals surface area (Å²) in [5, 5.41) is 0. The lowest BCUT2D eigenvalue weighted by Crippen LogP contribution is -2.05. The Hall–Kier alpha value is 0.220. The zero-order valence-corrected chi connectivity index (χ0v) is 9.57. The van der Waals surface area contributed by atoms with Gasteiger partial charge in [0.05, 0.1) is 0 Å². The highest BCUT2D eigenvalue weighted by atomic mass is 79.9. The number of allylic oxidation sites excluding steroid dienone is 1. The summed E-state index contributed by atoms with van der Waals surface area (Å²) in [5.41, 5.74) is 1.35. The van der Waals surface area contributed by atoms with Gasteiger partial charge >= 0.3 is 0 Å². The lowest BCUT2D eigenvalue weighted by molar-refractivity contribution is 0.462. The molecule has 0 spiro atoms. The molecule has 1 heteroatoms. The molecule has 1 aliphatic carbocycles. The van der Waals surface area contributed by atoms with Gasteiger partial charge in [-0.25, -0.2) is 0 Å². The summed E-state index contributed by atoms with van der Waals surface area (Å²) in [6, 6.07) is 0. The molecular weight excluding hydrogens is 212 g/mol. The van der Waals surface area contributed by atoms with E-state index in [0.29, 0.717) is 0 Å². The van der Waals surface area contributed by atoms with Crippen molar-refractivity contribution in [2.45, 2.75) is 50.3 Å². The van der Waals surface area contributed by atoms with E-state index in [2.05, 4.69) is 29.4 Å². The van der Waals surface area contributed by atoms with Crippen LogP contribution in [0.25, 0.3) is 0 Å². The SMILES string of the molecule is C=C(C)CC1CCCCC(Br)C1. The highest BCUT2D eigenvalue weighted by molar-refractivity contribution is 9.09. The fraction of sp³-hybridized carbons (Fsp3) is 0.818. The summed E-state index contributed by atoms with van der Waals surface area (Å²) in [5.74, 6) is 0.898. The first kappa shape index (κ1) is 10.3. The molecule has 1 saturated carbocycles. The van der Waals surface area contributed by atoms with Crippen molar-refractivity contribution in [2.75, 3.05) is 0 Å². The van der Waals surface area contributed by atoms with Crippen LogP contribution in [0.3, 0.4) is 0 Å².